The molecule has 5 heteroatoms. The van der Waals surface area contributed by atoms with Crippen LogP contribution in [0.5, 0.6) is 0 Å². The van der Waals surface area contributed by atoms with Crippen LogP contribution in [0.1, 0.15) is 90.4 Å². The molecule has 24 heavy (non-hydrogen) atoms. The van der Waals surface area contributed by atoms with E-state index >= 15 is 4.39 Å². The molecule has 0 radical (unpaired) electrons. The monoisotopic (exact) mass is 342 g/mol. The molecule has 138 valence electrons. The lowest BCUT2D eigenvalue weighted by Crippen LogP contribution is -2.47. The number of hydrogen-bond donors (Lipinski definition) is 0. The quantitative estimate of drug-likeness (QED) is 0.500. The minimum absolute atomic E-state index is 0.152. The van der Waals surface area contributed by atoms with Crippen molar-refractivity contribution in [3.05, 3.63) is 0 Å². The van der Waals surface area contributed by atoms with Crippen molar-refractivity contribution in [2.24, 2.45) is 0 Å². The van der Waals surface area contributed by atoms with Gasteiger partial charge in [0.15, 0.2) is 0 Å². The Balaban J connectivity index is 1.99. The van der Waals surface area contributed by atoms with Crippen molar-refractivity contribution in [3.8, 4) is 0 Å². The summed E-state index contributed by atoms with van der Waals surface area (Å²) in [5.41, 5.74) is -2.65. The van der Waals surface area contributed by atoms with Gasteiger partial charge in [-0.3, -0.25) is 0 Å². The summed E-state index contributed by atoms with van der Waals surface area (Å²) >= 11 is 0. The largest absolute Gasteiger partial charge is 0.460 e. The van der Waals surface area contributed by atoms with Gasteiger partial charge in [0.2, 0.25) is 0 Å². The summed E-state index contributed by atoms with van der Waals surface area (Å²) in [6.07, 6.45) is 9.70. The molecule has 2 saturated carbocycles. The fraction of sp³-hybridized carbons (Fsp3) is 0.895. The Labute approximate surface area is 144 Å². The lowest BCUT2D eigenvalue weighted by atomic mass is 9.95. The molecule has 2 fully saturated rings. The third-order valence-electron chi connectivity index (χ3n) is 5.17. The van der Waals surface area contributed by atoms with Gasteiger partial charge in [-0.1, -0.05) is 26.2 Å². The summed E-state index contributed by atoms with van der Waals surface area (Å²) in [4.78, 5) is 24.8. The van der Waals surface area contributed by atoms with Gasteiger partial charge in [0.05, 0.1) is 0 Å². The van der Waals surface area contributed by atoms with E-state index in [0.717, 1.165) is 64.2 Å². The van der Waals surface area contributed by atoms with E-state index in [2.05, 4.69) is 0 Å². The molecule has 0 N–H and O–H groups in total. The molecule has 0 saturated heterocycles. The summed E-state index contributed by atoms with van der Waals surface area (Å²) in [6, 6.07) is 0. The molecule has 0 heterocycles. The molecule has 0 aromatic rings. The number of esters is 2. The Bertz CT molecular complexity index is 380. The summed E-state index contributed by atoms with van der Waals surface area (Å²) in [5, 5.41) is 0. The van der Waals surface area contributed by atoms with Crippen molar-refractivity contribution in [1.29, 1.82) is 0 Å². The van der Waals surface area contributed by atoms with E-state index in [1.807, 2.05) is 6.92 Å². The Morgan fingerprint density at radius 2 is 1.29 bits per heavy atom. The molecular weight excluding hydrogens is 311 g/mol. The minimum atomic E-state index is -2.65. The normalized spacial score (nSPS) is 20.6. The molecule has 0 aromatic carbocycles. The van der Waals surface area contributed by atoms with Gasteiger partial charge in [-0.15, -0.1) is 0 Å². The third kappa shape index (κ3) is 5.18. The van der Waals surface area contributed by atoms with Crippen LogP contribution in [0.15, 0.2) is 0 Å². The average Bonchev–Trinajstić information content (AvgIpc) is 2.61. The first-order chi connectivity index (χ1) is 11.6. The molecular formula is C19H31FO4. The van der Waals surface area contributed by atoms with Crippen LogP contribution < -0.4 is 0 Å². The zero-order chi connectivity index (χ0) is 17.4. The van der Waals surface area contributed by atoms with Gasteiger partial charge in [-0.25, -0.2) is 14.0 Å². The van der Waals surface area contributed by atoms with E-state index < -0.39 is 17.6 Å². The van der Waals surface area contributed by atoms with E-state index in [1.165, 1.54) is 0 Å². The first-order valence-electron chi connectivity index (χ1n) is 9.67. The van der Waals surface area contributed by atoms with Crippen LogP contribution in [0.4, 0.5) is 4.39 Å². The van der Waals surface area contributed by atoms with Gasteiger partial charge < -0.3 is 9.47 Å². The molecule has 0 unspecified atom stereocenters. The highest BCUT2D eigenvalue weighted by Crippen LogP contribution is 2.30. The summed E-state index contributed by atoms with van der Waals surface area (Å²) in [6.45, 7) is 1.90. The van der Waals surface area contributed by atoms with E-state index in [4.69, 9.17) is 9.47 Å². The SMILES string of the molecule is CCCCC(F)(C(=O)OC1CCCCC1)C(=O)OC1CCCCC1. The number of unbranched alkanes of at least 4 members (excludes halogenated alkanes) is 1. The molecule has 4 nitrogen and oxygen atoms in total. The smallest absolute Gasteiger partial charge is 0.356 e. The number of alkyl halides is 1. The van der Waals surface area contributed by atoms with Crippen molar-refractivity contribution in [2.45, 2.75) is 108 Å². The Hall–Kier alpha value is -1.13. The van der Waals surface area contributed by atoms with E-state index in [0.29, 0.717) is 12.8 Å². The average molecular weight is 342 g/mol. The fourth-order valence-electron chi connectivity index (χ4n) is 3.56. The Kier molecular flexibility index (Phi) is 7.50. The van der Waals surface area contributed by atoms with Crippen molar-refractivity contribution in [2.75, 3.05) is 0 Å². The predicted octanol–water partition coefficient (Wildman–Crippen LogP) is 4.64. The van der Waals surface area contributed by atoms with Gasteiger partial charge in [0.1, 0.15) is 12.2 Å². The minimum Gasteiger partial charge on any atom is -0.460 e. The van der Waals surface area contributed by atoms with Crippen LogP contribution in [0.25, 0.3) is 0 Å². The van der Waals surface area contributed by atoms with E-state index in [9.17, 15) is 9.59 Å². The number of carbonyl (C=O) groups excluding carboxylic acids is 2. The first-order valence-corrected chi connectivity index (χ1v) is 9.67. The predicted molar refractivity (Wildman–Crippen MR) is 89.3 cm³/mol. The van der Waals surface area contributed by atoms with Crippen LogP contribution in [0.2, 0.25) is 0 Å². The van der Waals surface area contributed by atoms with Crippen LogP contribution in [0, 0.1) is 0 Å². The van der Waals surface area contributed by atoms with Crippen molar-refractivity contribution >= 4 is 11.9 Å². The van der Waals surface area contributed by atoms with Gasteiger partial charge in [0, 0.05) is 6.42 Å². The van der Waals surface area contributed by atoms with Crippen LogP contribution in [-0.4, -0.2) is 29.8 Å². The topological polar surface area (TPSA) is 52.6 Å². The zero-order valence-electron chi connectivity index (χ0n) is 14.9. The summed E-state index contributed by atoms with van der Waals surface area (Å²) < 4.78 is 26.0. The molecule has 0 spiro atoms. The maximum absolute atomic E-state index is 15.3. The van der Waals surface area contributed by atoms with Gasteiger partial charge >= 0.3 is 17.6 Å². The highest BCUT2D eigenvalue weighted by molar-refractivity contribution is 6.03. The van der Waals surface area contributed by atoms with E-state index in [1.54, 1.807) is 0 Å². The lowest BCUT2D eigenvalue weighted by molar-refractivity contribution is -0.183. The fourth-order valence-corrected chi connectivity index (χ4v) is 3.56. The molecule has 2 rings (SSSR count). The molecule has 2 aliphatic rings. The molecule has 0 amide bonds. The van der Waals surface area contributed by atoms with Gasteiger partial charge in [-0.2, -0.15) is 0 Å². The van der Waals surface area contributed by atoms with Crippen molar-refractivity contribution in [1.82, 2.24) is 0 Å². The maximum atomic E-state index is 15.3. The number of carbonyl (C=O) groups is 2. The molecule has 0 atom stereocenters. The number of halogens is 1. The number of ether oxygens (including phenoxy) is 2. The van der Waals surface area contributed by atoms with Gasteiger partial charge in [-0.05, 0) is 57.8 Å². The summed E-state index contributed by atoms with van der Waals surface area (Å²) in [7, 11) is 0. The maximum Gasteiger partial charge on any atom is 0.356 e. The second kappa shape index (κ2) is 9.38. The first kappa shape index (κ1) is 19.2. The highest BCUT2D eigenvalue weighted by atomic mass is 19.1. The molecule has 0 bridgehead atoms. The van der Waals surface area contributed by atoms with E-state index in [-0.39, 0.29) is 18.6 Å². The third-order valence-corrected chi connectivity index (χ3v) is 5.17. The second-order valence-corrected chi connectivity index (χ2v) is 7.24. The van der Waals surface area contributed by atoms with Gasteiger partial charge in [0.25, 0.3) is 0 Å². The molecule has 0 aliphatic heterocycles. The lowest BCUT2D eigenvalue weighted by Gasteiger charge is -2.29. The van der Waals surface area contributed by atoms with Crippen LogP contribution in [-0.2, 0) is 19.1 Å². The van der Waals surface area contributed by atoms with Crippen LogP contribution in [0.3, 0.4) is 0 Å². The summed E-state index contributed by atoms with van der Waals surface area (Å²) in [5.74, 6) is -2.08. The number of rotatable bonds is 7. The van der Waals surface area contributed by atoms with Crippen molar-refractivity contribution < 1.29 is 23.5 Å². The zero-order valence-corrected chi connectivity index (χ0v) is 14.9. The second-order valence-electron chi connectivity index (χ2n) is 7.24. The van der Waals surface area contributed by atoms with Crippen LogP contribution >= 0.6 is 0 Å². The molecule has 0 aromatic heterocycles. The Morgan fingerprint density at radius 3 is 1.67 bits per heavy atom. The highest BCUT2D eigenvalue weighted by Gasteiger charge is 2.50. The Morgan fingerprint density at radius 1 is 0.875 bits per heavy atom. The van der Waals surface area contributed by atoms with Crippen molar-refractivity contribution in [3.63, 3.8) is 0 Å². The molecule has 2 aliphatic carbocycles. The number of hydrogen-bond acceptors (Lipinski definition) is 4. The standard InChI is InChI=1S/C19H31FO4/c1-2-3-14-19(20,17(21)23-15-10-6-4-7-11-15)18(22)24-16-12-8-5-9-13-16/h15-16H,2-14H2,1H3.